The average molecular weight is 294 g/mol. The molecule has 112 valence electrons. The van der Waals surface area contributed by atoms with Gasteiger partial charge in [0.1, 0.15) is 0 Å². The number of rotatable bonds is 7. The summed E-state index contributed by atoms with van der Waals surface area (Å²) in [6, 6.07) is 3.99. The summed E-state index contributed by atoms with van der Waals surface area (Å²) < 4.78 is 0. The van der Waals surface area contributed by atoms with E-state index in [1.54, 1.807) is 11.3 Å². The van der Waals surface area contributed by atoms with Gasteiger partial charge in [-0.3, -0.25) is 4.79 Å². The van der Waals surface area contributed by atoms with Crippen molar-refractivity contribution in [2.75, 3.05) is 0 Å². The lowest BCUT2D eigenvalue weighted by Gasteiger charge is -2.25. The van der Waals surface area contributed by atoms with Crippen LogP contribution in [0.15, 0.2) is 17.5 Å². The number of unbranched alkanes of at least 4 members (excludes halogenated alkanes) is 1. The fourth-order valence-electron chi connectivity index (χ4n) is 3.00. The molecule has 1 aliphatic carbocycles. The van der Waals surface area contributed by atoms with Crippen molar-refractivity contribution in [1.29, 1.82) is 0 Å². The Labute approximate surface area is 125 Å². The fourth-order valence-corrected chi connectivity index (χ4v) is 3.87. The number of hydrogen-bond donors (Lipinski definition) is 2. The minimum Gasteiger partial charge on any atom is -0.347 e. The van der Waals surface area contributed by atoms with Crippen LogP contribution in [0.4, 0.5) is 0 Å². The van der Waals surface area contributed by atoms with Crippen molar-refractivity contribution in [2.24, 2.45) is 11.7 Å². The molecule has 0 bridgehead atoms. The molecule has 1 saturated carbocycles. The zero-order chi connectivity index (χ0) is 14.4. The van der Waals surface area contributed by atoms with Crippen LogP contribution in [0.25, 0.3) is 0 Å². The maximum absolute atomic E-state index is 12.3. The molecule has 0 aromatic carbocycles. The normalized spacial score (nSPS) is 18.9. The maximum atomic E-state index is 12.3. The molecular weight excluding hydrogens is 268 g/mol. The van der Waals surface area contributed by atoms with Crippen LogP contribution in [0.3, 0.4) is 0 Å². The van der Waals surface area contributed by atoms with Crippen LogP contribution in [0.2, 0.25) is 0 Å². The molecule has 2 atom stereocenters. The molecule has 2 rings (SSSR count). The monoisotopic (exact) mass is 294 g/mol. The van der Waals surface area contributed by atoms with Gasteiger partial charge in [-0.05, 0) is 36.6 Å². The number of carbonyl (C=O) groups excluding carboxylic acids is 1. The van der Waals surface area contributed by atoms with Gasteiger partial charge in [0.25, 0.3) is 0 Å². The standard InChI is InChI=1S/C16H26N2OS/c1-2-3-9-13(17)16(19)18-15(12-7-4-5-8-12)14-10-6-11-20-14/h6,10-13,15H,2-5,7-9,17H2,1H3,(H,18,19). The van der Waals surface area contributed by atoms with Gasteiger partial charge in [0.05, 0.1) is 12.1 Å². The van der Waals surface area contributed by atoms with Gasteiger partial charge in [-0.25, -0.2) is 0 Å². The summed E-state index contributed by atoms with van der Waals surface area (Å²) in [6.07, 6.45) is 7.87. The molecule has 1 fully saturated rings. The number of carbonyl (C=O) groups is 1. The minimum atomic E-state index is -0.362. The number of nitrogens with two attached hydrogens (primary N) is 1. The first kappa shape index (κ1) is 15.5. The van der Waals surface area contributed by atoms with E-state index in [1.165, 1.54) is 30.6 Å². The predicted octanol–water partition coefficient (Wildman–Crippen LogP) is 3.61. The van der Waals surface area contributed by atoms with E-state index in [0.717, 1.165) is 19.3 Å². The molecule has 1 aliphatic rings. The highest BCUT2D eigenvalue weighted by Gasteiger charge is 2.29. The van der Waals surface area contributed by atoms with Crippen LogP contribution in [0, 0.1) is 5.92 Å². The molecule has 20 heavy (non-hydrogen) atoms. The smallest absolute Gasteiger partial charge is 0.237 e. The predicted molar refractivity (Wildman–Crippen MR) is 84.7 cm³/mol. The van der Waals surface area contributed by atoms with Gasteiger partial charge in [0.15, 0.2) is 0 Å². The second-order valence-electron chi connectivity index (χ2n) is 5.79. The van der Waals surface area contributed by atoms with Crippen LogP contribution in [-0.2, 0) is 4.79 Å². The summed E-state index contributed by atoms with van der Waals surface area (Å²) in [5, 5.41) is 5.30. The van der Waals surface area contributed by atoms with Crippen LogP contribution < -0.4 is 11.1 Å². The molecule has 4 heteroatoms. The summed E-state index contributed by atoms with van der Waals surface area (Å²) in [7, 11) is 0. The van der Waals surface area contributed by atoms with E-state index < -0.39 is 0 Å². The quantitative estimate of drug-likeness (QED) is 0.807. The molecule has 3 N–H and O–H groups in total. The molecule has 0 aliphatic heterocycles. The number of nitrogens with one attached hydrogen (secondary N) is 1. The van der Waals surface area contributed by atoms with Crippen LogP contribution in [-0.4, -0.2) is 11.9 Å². The minimum absolute atomic E-state index is 0.0174. The van der Waals surface area contributed by atoms with Crippen LogP contribution in [0.5, 0.6) is 0 Å². The Kier molecular flexibility index (Phi) is 6.05. The number of hydrogen-bond acceptors (Lipinski definition) is 3. The van der Waals surface area contributed by atoms with Gasteiger partial charge >= 0.3 is 0 Å². The fraction of sp³-hybridized carbons (Fsp3) is 0.688. The van der Waals surface area contributed by atoms with Crippen molar-refractivity contribution < 1.29 is 4.79 Å². The molecule has 1 aromatic rings. The second kappa shape index (κ2) is 7.79. The topological polar surface area (TPSA) is 55.1 Å². The van der Waals surface area contributed by atoms with Gasteiger partial charge in [0, 0.05) is 4.88 Å². The Bertz CT molecular complexity index is 399. The summed E-state index contributed by atoms with van der Waals surface area (Å²) in [5.41, 5.74) is 6.00. The molecule has 0 saturated heterocycles. The van der Waals surface area contributed by atoms with Gasteiger partial charge in [-0.15, -0.1) is 11.3 Å². The van der Waals surface area contributed by atoms with Crippen molar-refractivity contribution in [1.82, 2.24) is 5.32 Å². The van der Waals surface area contributed by atoms with Gasteiger partial charge in [-0.1, -0.05) is 38.7 Å². The summed E-state index contributed by atoms with van der Waals surface area (Å²) in [4.78, 5) is 13.6. The van der Waals surface area contributed by atoms with Gasteiger partial charge in [0.2, 0.25) is 5.91 Å². The largest absolute Gasteiger partial charge is 0.347 e. The SMILES string of the molecule is CCCCC(N)C(=O)NC(c1cccs1)C1CCCC1. The Morgan fingerprint density at radius 1 is 1.50 bits per heavy atom. The Morgan fingerprint density at radius 2 is 2.25 bits per heavy atom. The lowest BCUT2D eigenvalue weighted by Crippen LogP contribution is -2.43. The summed E-state index contributed by atoms with van der Waals surface area (Å²) >= 11 is 1.73. The number of thiophene rings is 1. The second-order valence-corrected chi connectivity index (χ2v) is 6.77. The Hall–Kier alpha value is -0.870. The third-order valence-electron chi connectivity index (χ3n) is 4.22. The van der Waals surface area contributed by atoms with E-state index in [1.807, 2.05) is 0 Å². The van der Waals surface area contributed by atoms with Crippen LogP contribution >= 0.6 is 11.3 Å². The zero-order valence-corrected chi connectivity index (χ0v) is 13.1. The number of amides is 1. The van der Waals surface area contributed by atoms with Crippen molar-refractivity contribution >= 4 is 17.2 Å². The first-order chi connectivity index (χ1) is 9.72. The van der Waals surface area contributed by atoms with E-state index in [4.69, 9.17) is 5.73 Å². The van der Waals surface area contributed by atoms with Crippen molar-refractivity contribution in [3.8, 4) is 0 Å². The first-order valence-electron chi connectivity index (χ1n) is 7.81. The van der Waals surface area contributed by atoms with E-state index >= 15 is 0 Å². The van der Waals surface area contributed by atoms with Crippen molar-refractivity contribution in [3.05, 3.63) is 22.4 Å². The highest BCUT2D eigenvalue weighted by molar-refractivity contribution is 7.10. The molecule has 3 nitrogen and oxygen atoms in total. The zero-order valence-electron chi connectivity index (χ0n) is 12.3. The lowest BCUT2D eigenvalue weighted by atomic mass is 9.96. The molecular formula is C16H26N2OS. The maximum Gasteiger partial charge on any atom is 0.237 e. The summed E-state index contributed by atoms with van der Waals surface area (Å²) in [5.74, 6) is 0.597. The average Bonchev–Trinajstić information content (AvgIpc) is 3.14. The van der Waals surface area contributed by atoms with Crippen LogP contribution in [0.1, 0.15) is 62.8 Å². The van der Waals surface area contributed by atoms with Crippen molar-refractivity contribution in [2.45, 2.75) is 64.0 Å². The molecule has 1 amide bonds. The third-order valence-corrected chi connectivity index (χ3v) is 5.18. The van der Waals surface area contributed by atoms with E-state index in [-0.39, 0.29) is 18.0 Å². The molecule has 0 radical (unpaired) electrons. The molecule has 2 unspecified atom stereocenters. The van der Waals surface area contributed by atoms with Gasteiger partial charge < -0.3 is 11.1 Å². The van der Waals surface area contributed by atoms with Crippen molar-refractivity contribution in [3.63, 3.8) is 0 Å². The summed E-state index contributed by atoms with van der Waals surface area (Å²) in [6.45, 7) is 2.12. The van der Waals surface area contributed by atoms with E-state index in [2.05, 4.69) is 29.8 Å². The third kappa shape index (κ3) is 4.06. The Morgan fingerprint density at radius 3 is 2.85 bits per heavy atom. The van der Waals surface area contributed by atoms with E-state index in [0.29, 0.717) is 5.92 Å². The Balaban J connectivity index is 1.98. The highest BCUT2D eigenvalue weighted by Crippen LogP contribution is 2.37. The molecule has 1 heterocycles. The lowest BCUT2D eigenvalue weighted by molar-refractivity contribution is -0.123. The molecule has 0 spiro atoms. The van der Waals surface area contributed by atoms with E-state index in [9.17, 15) is 4.79 Å². The molecule has 1 aromatic heterocycles. The van der Waals surface area contributed by atoms with Gasteiger partial charge in [-0.2, -0.15) is 0 Å². The highest BCUT2D eigenvalue weighted by atomic mass is 32.1. The first-order valence-corrected chi connectivity index (χ1v) is 8.69.